The second-order valence-electron chi connectivity index (χ2n) is 0.861. The van der Waals surface area contributed by atoms with Gasteiger partial charge in [0.05, 0.1) is 0 Å². The summed E-state index contributed by atoms with van der Waals surface area (Å²) in [6, 6.07) is 0. The van der Waals surface area contributed by atoms with E-state index >= 15 is 0 Å². The first-order valence-electron chi connectivity index (χ1n) is 1.69. The number of hydrogen-bond acceptors (Lipinski definition) is 1. The molecule has 0 rings (SSSR count). The lowest BCUT2D eigenvalue weighted by molar-refractivity contribution is -0.107. The summed E-state index contributed by atoms with van der Waals surface area (Å²) >= 11 is 4.76. The van der Waals surface area contributed by atoms with Gasteiger partial charge in [0, 0.05) is 0 Å². The number of rotatable bonds is 2. The van der Waals surface area contributed by atoms with E-state index in [1.54, 1.807) is 0 Å². The van der Waals surface area contributed by atoms with E-state index in [0.29, 0.717) is 0 Å². The van der Waals surface area contributed by atoms with E-state index in [1.165, 1.54) is 0 Å². The first-order chi connectivity index (χ1) is 3.27. The Morgan fingerprint density at radius 1 is 1.86 bits per heavy atom. The molecule has 40 valence electrons. The van der Waals surface area contributed by atoms with Crippen molar-refractivity contribution in [2.45, 2.75) is 0 Å². The Morgan fingerprint density at radius 3 is 2.57 bits per heavy atom. The van der Waals surface area contributed by atoms with E-state index in [9.17, 15) is 9.18 Å². The summed E-state index contributed by atoms with van der Waals surface area (Å²) in [6.07, 6.45) is 2.02. The maximum absolute atomic E-state index is 11.1. The summed E-state index contributed by atoms with van der Waals surface area (Å²) < 4.78 is 11.1. The second-order valence-corrected chi connectivity index (χ2v) is 1.23. The Bertz CT molecular complexity index is 89.7. The van der Waals surface area contributed by atoms with E-state index in [2.05, 4.69) is 0 Å². The second kappa shape index (κ2) is 3.81. The van der Waals surface area contributed by atoms with Crippen molar-refractivity contribution in [3.63, 3.8) is 0 Å². The summed E-state index contributed by atoms with van der Waals surface area (Å²) in [5.74, 6) is 0. The summed E-state index contributed by atoms with van der Waals surface area (Å²) in [5.41, 5.74) is 0. The highest BCUT2D eigenvalue weighted by atomic mass is 35.5. The van der Waals surface area contributed by atoms with Gasteiger partial charge in [-0.25, -0.2) is 4.39 Å². The molecule has 0 saturated carbocycles. The number of carbonyl (C=O) groups excluding carboxylic acids is 1. The van der Waals surface area contributed by atoms with Gasteiger partial charge in [0.2, 0.25) is 5.24 Å². The molecule has 0 amide bonds. The molecule has 0 aromatic carbocycles. The Morgan fingerprint density at radius 2 is 2.43 bits per heavy atom. The van der Waals surface area contributed by atoms with Crippen molar-refractivity contribution in [2.75, 3.05) is 6.67 Å². The predicted octanol–water partition coefficient (Wildman–Crippen LogP) is 1.28. The lowest BCUT2D eigenvalue weighted by Gasteiger charge is -1.69. The van der Waals surface area contributed by atoms with Crippen LogP contribution in [0.2, 0.25) is 0 Å². The molecule has 0 aliphatic carbocycles. The maximum atomic E-state index is 11.1. The Labute approximate surface area is 45.8 Å². The van der Waals surface area contributed by atoms with Crippen LogP contribution in [0.3, 0.4) is 0 Å². The van der Waals surface area contributed by atoms with Gasteiger partial charge in [0.25, 0.3) is 0 Å². The van der Waals surface area contributed by atoms with Crippen molar-refractivity contribution >= 4 is 16.8 Å². The van der Waals surface area contributed by atoms with Crippen LogP contribution in [0.4, 0.5) is 4.39 Å². The summed E-state index contributed by atoms with van der Waals surface area (Å²) in [4.78, 5) is 9.71. The van der Waals surface area contributed by atoms with Crippen molar-refractivity contribution in [2.24, 2.45) is 0 Å². The monoisotopic (exact) mass is 122 g/mol. The molecular formula is C4H4ClFO. The third-order valence-electron chi connectivity index (χ3n) is 0.338. The number of halogens is 2. The first-order valence-corrected chi connectivity index (χ1v) is 2.07. The molecule has 0 fully saturated rings. The van der Waals surface area contributed by atoms with Gasteiger partial charge in [0.15, 0.2) is 0 Å². The van der Waals surface area contributed by atoms with E-state index < -0.39 is 11.9 Å². The highest BCUT2D eigenvalue weighted by Crippen LogP contribution is 1.81. The molecule has 0 N–H and O–H groups in total. The molecule has 0 bridgehead atoms. The molecule has 0 unspecified atom stereocenters. The molecule has 3 heteroatoms. The zero-order chi connectivity index (χ0) is 5.70. The van der Waals surface area contributed by atoms with Crippen LogP contribution in [-0.2, 0) is 4.79 Å². The van der Waals surface area contributed by atoms with Gasteiger partial charge in [-0.1, -0.05) is 0 Å². The Hall–Kier alpha value is -0.370. The molecule has 0 aliphatic heterocycles. The molecule has 0 aliphatic rings. The zero-order valence-electron chi connectivity index (χ0n) is 3.53. The first kappa shape index (κ1) is 6.63. The fourth-order valence-corrected chi connectivity index (χ4v) is 0.226. The van der Waals surface area contributed by atoms with Crippen LogP contribution in [0, 0.1) is 0 Å². The van der Waals surface area contributed by atoms with Crippen LogP contribution < -0.4 is 0 Å². The quantitative estimate of drug-likeness (QED) is 0.398. The van der Waals surface area contributed by atoms with E-state index in [4.69, 9.17) is 11.6 Å². The highest BCUT2D eigenvalue weighted by Gasteiger charge is 1.80. The largest absolute Gasteiger partial charge is 0.276 e. The smallest absolute Gasteiger partial charge is 0.244 e. The molecule has 0 aromatic rings. The van der Waals surface area contributed by atoms with Gasteiger partial charge < -0.3 is 0 Å². The molecule has 0 saturated heterocycles. The Kier molecular flexibility index (Phi) is 3.61. The summed E-state index contributed by atoms with van der Waals surface area (Å²) in [6.45, 7) is -0.640. The van der Waals surface area contributed by atoms with Gasteiger partial charge in [-0.2, -0.15) is 0 Å². The van der Waals surface area contributed by atoms with Crippen LogP contribution in [-0.4, -0.2) is 11.9 Å². The fraction of sp³-hybridized carbons (Fsp3) is 0.250. The molecule has 0 heterocycles. The van der Waals surface area contributed by atoms with Crippen molar-refractivity contribution in [1.29, 1.82) is 0 Å². The number of carbonyl (C=O) groups is 1. The number of allylic oxidation sites excluding steroid dienone is 2. The minimum atomic E-state index is -0.641. The van der Waals surface area contributed by atoms with E-state index in [-0.39, 0.29) is 0 Å². The zero-order valence-corrected chi connectivity index (χ0v) is 4.28. The van der Waals surface area contributed by atoms with Gasteiger partial charge in [-0.3, -0.25) is 4.79 Å². The third kappa shape index (κ3) is 5.63. The van der Waals surface area contributed by atoms with Gasteiger partial charge in [0.1, 0.15) is 6.67 Å². The SMILES string of the molecule is O=C(Cl)/C=C/CF. The van der Waals surface area contributed by atoms with Crippen LogP contribution in [0.1, 0.15) is 0 Å². The highest BCUT2D eigenvalue weighted by molar-refractivity contribution is 6.66. The number of hydrogen-bond donors (Lipinski definition) is 0. The molecule has 1 nitrogen and oxygen atoms in total. The van der Waals surface area contributed by atoms with Crippen molar-refractivity contribution in [3.8, 4) is 0 Å². The van der Waals surface area contributed by atoms with E-state index in [1.807, 2.05) is 0 Å². The van der Waals surface area contributed by atoms with Gasteiger partial charge in [-0.05, 0) is 23.8 Å². The Balaban J connectivity index is 3.26. The molecule has 0 spiro atoms. The minimum absolute atomic E-state index is 0.640. The minimum Gasteiger partial charge on any atom is -0.276 e. The predicted molar refractivity (Wildman–Crippen MR) is 26.0 cm³/mol. The average molecular weight is 123 g/mol. The molecule has 7 heavy (non-hydrogen) atoms. The van der Waals surface area contributed by atoms with E-state index in [0.717, 1.165) is 12.2 Å². The lowest BCUT2D eigenvalue weighted by Crippen LogP contribution is -1.74. The standard InChI is InChI=1S/C4H4ClFO/c5-4(7)2-1-3-6/h1-2H,3H2/b2-1+. The lowest BCUT2D eigenvalue weighted by atomic mass is 10.6. The molecular weight excluding hydrogens is 118 g/mol. The van der Waals surface area contributed by atoms with Crippen LogP contribution in [0.15, 0.2) is 12.2 Å². The van der Waals surface area contributed by atoms with Crippen LogP contribution in [0.5, 0.6) is 0 Å². The normalized spacial score (nSPS) is 10.0. The molecule has 0 radical (unpaired) electrons. The van der Waals surface area contributed by atoms with Crippen LogP contribution in [0.25, 0.3) is 0 Å². The molecule has 0 atom stereocenters. The fourth-order valence-electron chi connectivity index (χ4n) is 0.137. The number of alkyl halides is 1. The maximum Gasteiger partial charge on any atom is 0.244 e. The van der Waals surface area contributed by atoms with Gasteiger partial charge >= 0.3 is 0 Å². The summed E-state index contributed by atoms with van der Waals surface area (Å²) in [7, 11) is 0. The van der Waals surface area contributed by atoms with Gasteiger partial charge in [-0.15, -0.1) is 0 Å². The van der Waals surface area contributed by atoms with Crippen molar-refractivity contribution in [1.82, 2.24) is 0 Å². The average Bonchev–Trinajstić information content (AvgIpc) is 1.61. The topological polar surface area (TPSA) is 17.1 Å². The summed E-state index contributed by atoms with van der Waals surface area (Å²) in [5, 5.41) is -0.641. The van der Waals surface area contributed by atoms with Crippen LogP contribution >= 0.6 is 11.6 Å². The molecule has 0 aromatic heterocycles. The third-order valence-corrected chi connectivity index (χ3v) is 0.464. The van der Waals surface area contributed by atoms with Crippen molar-refractivity contribution < 1.29 is 9.18 Å². The van der Waals surface area contributed by atoms with Crippen molar-refractivity contribution in [3.05, 3.63) is 12.2 Å².